The summed E-state index contributed by atoms with van der Waals surface area (Å²) in [6.45, 7) is -0.0985. The van der Waals surface area contributed by atoms with Gasteiger partial charge in [-0.1, -0.05) is 0 Å². The Balaban J connectivity index is 2.32. The number of amides is 1. The van der Waals surface area contributed by atoms with Crippen LogP contribution in [0.2, 0.25) is 0 Å². The molecule has 4 nitrogen and oxygen atoms in total. The molecule has 0 saturated carbocycles. The minimum Gasteiger partial charge on any atom is -0.394 e. The van der Waals surface area contributed by atoms with Crippen LogP contribution in [0.3, 0.4) is 0 Å². The number of hydroxylamine groups is 1. The van der Waals surface area contributed by atoms with Gasteiger partial charge in [0.05, 0.1) is 13.0 Å². The zero-order valence-electron chi connectivity index (χ0n) is 4.26. The number of aliphatic hydroxyl groups is 1. The van der Waals surface area contributed by atoms with E-state index in [4.69, 9.17) is 5.11 Å². The van der Waals surface area contributed by atoms with Crippen molar-refractivity contribution in [1.29, 1.82) is 0 Å². The van der Waals surface area contributed by atoms with Crippen molar-refractivity contribution in [2.24, 2.45) is 0 Å². The molecule has 1 atom stereocenters. The number of aliphatic hydroxyl groups excluding tert-OH is 1. The van der Waals surface area contributed by atoms with Crippen molar-refractivity contribution in [3.05, 3.63) is 0 Å². The van der Waals surface area contributed by atoms with Gasteiger partial charge in [0.25, 0.3) is 0 Å². The maximum atomic E-state index is 10.3. The number of hydrogen-bond acceptors (Lipinski definition) is 3. The lowest BCUT2D eigenvalue weighted by atomic mass is 10.3. The summed E-state index contributed by atoms with van der Waals surface area (Å²) >= 11 is 0. The van der Waals surface area contributed by atoms with Crippen LogP contribution in [0, 0.1) is 0 Å². The average molecular weight is 117 g/mol. The minimum absolute atomic E-state index is 0.0985. The van der Waals surface area contributed by atoms with Gasteiger partial charge in [-0.3, -0.25) is 9.63 Å². The maximum Gasteiger partial charge on any atom is 0.246 e. The molecule has 1 aliphatic rings. The molecule has 1 heterocycles. The highest BCUT2D eigenvalue weighted by atomic mass is 16.7. The third-order valence-corrected chi connectivity index (χ3v) is 0.956. The molecule has 1 rings (SSSR count). The van der Waals surface area contributed by atoms with Gasteiger partial charge < -0.3 is 5.11 Å². The van der Waals surface area contributed by atoms with Crippen LogP contribution in [0.1, 0.15) is 6.42 Å². The monoisotopic (exact) mass is 117 g/mol. The summed E-state index contributed by atoms with van der Waals surface area (Å²) in [5.41, 5.74) is 2.12. The summed E-state index contributed by atoms with van der Waals surface area (Å²) in [4.78, 5) is 14.8. The normalized spacial score (nSPS) is 28.1. The van der Waals surface area contributed by atoms with E-state index in [0.29, 0.717) is 0 Å². The van der Waals surface area contributed by atoms with Gasteiger partial charge in [0.2, 0.25) is 5.91 Å². The van der Waals surface area contributed by atoms with Crippen LogP contribution in [0.25, 0.3) is 0 Å². The van der Waals surface area contributed by atoms with Gasteiger partial charge >= 0.3 is 0 Å². The Morgan fingerprint density at radius 1 is 2.00 bits per heavy atom. The van der Waals surface area contributed by atoms with Crippen molar-refractivity contribution in [2.45, 2.75) is 12.5 Å². The highest BCUT2D eigenvalue weighted by Gasteiger charge is 2.21. The summed E-state index contributed by atoms with van der Waals surface area (Å²) in [5, 5.41) is 8.37. The first-order valence-electron chi connectivity index (χ1n) is 2.38. The third kappa shape index (κ3) is 0.962. The highest BCUT2D eigenvalue weighted by molar-refractivity contribution is 5.76. The standard InChI is InChI=1S/C4H7NO3/c6-2-3-1-4(7)5-8-3/h3,6H,1-2H2,(H,5,7). The molecular weight excluding hydrogens is 110 g/mol. The van der Waals surface area contributed by atoms with Crippen LogP contribution in [-0.4, -0.2) is 23.7 Å². The second-order valence-electron chi connectivity index (χ2n) is 1.65. The van der Waals surface area contributed by atoms with Crippen molar-refractivity contribution in [3.8, 4) is 0 Å². The molecule has 0 aromatic carbocycles. The van der Waals surface area contributed by atoms with Gasteiger partial charge in [0.1, 0.15) is 6.10 Å². The van der Waals surface area contributed by atoms with Crippen molar-refractivity contribution < 1.29 is 14.7 Å². The number of hydrogen-bond donors (Lipinski definition) is 2. The molecule has 46 valence electrons. The SMILES string of the molecule is O=C1CC(CO)ON1. The smallest absolute Gasteiger partial charge is 0.246 e. The number of carbonyl (C=O) groups excluding carboxylic acids is 1. The lowest BCUT2D eigenvalue weighted by Gasteiger charge is -1.97. The van der Waals surface area contributed by atoms with Gasteiger partial charge in [0.15, 0.2) is 0 Å². The van der Waals surface area contributed by atoms with Crippen LogP contribution in [0.4, 0.5) is 0 Å². The molecule has 4 heteroatoms. The van der Waals surface area contributed by atoms with Gasteiger partial charge in [-0.05, 0) is 0 Å². The quantitative estimate of drug-likeness (QED) is 0.453. The van der Waals surface area contributed by atoms with Crippen LogP contribution in [-0.2, 0) is 9.63 Å². The van der Waals surface area contributed by atoms with Gasteiger partial charge in [-0.25, -0.2) is 5.48 Å². The second kappa shape index (κ2) is 2.11. The summed E-state index contributed by atoms with van der Waals surface area (Å²) in [6.07, 6.45) is -0.0567. The molecule has 1 unspecified atom stereocenters. The zero-order chi connectivity index (χ0) is 5.98. The summed E-state index contributed by atoms with van der Waals surface area (Å²) in [6, 6.07) is 0. The minimum atomic E-state index is -0.331. The Hall–Kier alpha value is -0.610. The van der Waals surface area contributed by atoms with E-state index >= 15 is 0 Å². The van der Waals surface area contributed by atoms with E-state index in [-0.39, 0.29) is 25.0 Å². The van der Waals surface area contributed by atoms with Crippen molar-refractivity contribution >= 4 is 5.91 Å². The van der Waals surface area contributed by atoms with E-state index in [9.17, 15) is 4.79 Å². The first kappa shape index (κ1) is 5.53. The summed E-state index contributed by atoms with van der Waals surface area (Å²) in [7, 11) is 0. The molecule has 1 aliphatic heterocycles. The van der Waals surface area contributed by atoms with Crippen LogP contribution < -0.4 is 5.48 Å². The molecule has 0 aliphatic carbocycles. The van der Waals surface area contributed by atoms with Gasteiger partial charge in [-0.2, -0.15) is 0 Å². The fourth-order valence-electron chi connectivity index (χ4n) is 0.541. The summed E-state index contributed by atoms with van der Waals surface area (Å²) < 4.78 is 0. The maximum absolute atomic E-state index is 10.3. The predicted molar refractivity (Wildman–Crippen MR) is 24.7 cm³/mol. The van der Waals surface area contributed by atoms with E-state index in [2.05, 4.69) is 10.3 Å². The Morgan fingerprint density at radius 3 is 3.00 bits per heavy atom. The molecule has 0 spiro atoms. The van der Waals surface area contributed by atoms with E-state index in [1.54, 1.807) is 0 Å². The van der Waals surface area contributed by atoms with Crippen LogP contribution >= 0.6 is 0 Å². The first-order chi connectivity index (χ1) is 3.83. The molecule has 0 bridgehead atoms. The molecule has 0 radical (unpaired) electrons. The van der Waals surface area contributed by atoms with Crippen LogP contribution in [0.15, 0.2) is 0 Å². The van der Waals surface area contributed by atoms with E-state index in [1.807, 2.05) is 0 Å². The third-order valence-electron chi connectivity index (χ3n) is 0.956. The molecule has 0 aromatic heterocycles. The molecular formula is C4H7NO3. The van der Waals surface area contributed by atoms with E-state index < -0.39 is 0 Å². The van der Waals surface area contributed by atoms with Gasteiger partial charge in [-0.15, -0.1) is 0 Å². The number of rotatable bonds is 1. The lowest BCUT2D eigenvalue weighted by Crippen LogP contribution is -2.14. The molecule has 8 heavy (non-hydrogen) atoms. The summed E-state index contributed by atoms with van der Waals surface area (Å²) in [5.74, 6) is -0.163. The number of carbonyl (C=O) groups is 1. The zero-order valence-corrected chi connectivity index (χ0v) is 4.26. The molecule has 2 N–H and O–H groups in total. The molecule has 1 saturated heterocycles. The van der Waals surface area contributed by atoms with Crippen LogP contribution in [0.5, 0.6) is 0 Å². The topological polar surface area (TPSA) is 58.6 Å². The highest BCUT2D eigenvalue weighted by Crippen LogP contribution is 2.01. The largest absolute Gasteiger partial charge is 0.394 e. The van der Waals surface area contributed by atoms with Gasteiger partial charge in [0, 0.05) is 0 Å². The fourth-order valence-corrected chi connectivity index (χ4v) is 0.541. The van der Waals surface area contributed by atoms with E-state index in [1.165, 1.54) is 0 Å². The van der Waals surface area contributed by atoms with E-state index in [0.717, 1.165) is 0 Å². The lowest BCUT2D eigenvalue weighted by molar-refractivity contribution is -0.124. The Morgan fingerprint density at radius 2 is 2.75 bits per heavy atom. The average Bonchev–Trinajstić information content (AvgIpc) is 2.14. The van der Waals surface area contributed by atoms with Crippen molar-refractivity contribution in [3.63, 3.8) is 0 Å². The molecule has 1 fully saturated rings. The molecule has 0 aromatic rings. The van der Waals surface area contributed by atoms with Crippen molar-refractivity contribution in [1.82, 2.24) is 5.48 Å². The Kier molecular flexibility index (Phi) is 1.45. The fraction of sp³-hybridized carbons (Fsp3) is 0.750. The second-order valence-corrected chi connectivity index (χ2v) is 1.65. The predicted octanol–water partition coefficient (Wildman–Crippen LogP) is -1.20. The molecule has 1 amide bonds. The number of nitrogens with one attached hydrogen (secondary N) is 1. The Bertz CT molecular complexity index is 103. The van der Waals surface area contributed by atoms with Crippen molar-refractivity contribution in [2.75, 3.05) is 6.61 Å². The first-order valence-corrected chi connectivity index (χ1v) is 2.38. The Labute approximate surface area is 46.4 Å².